The lowest BCUT2D eigenvalue weighted by Gasteiger charge is -2.27. The highest BCUT2D eigenvalue weighted by molar-refractivity contribution is 7.09. The van der Waals surface area contributed by atoms with Gasteiger partial charge in [-0.3, -0.25) is 20.4 Å². The van der Waals surface area contributed by atoms with Crippen LogP contribution in [-0.4, -0.2) is 35.2 Å². The zero-order valence-electron chi connectivity index (χ0n) is 14.6. The van der Waals surface area contributed by atoms with E-state index in [9.17, 15) is 27.9 Å². The number of aliphatic hydroxyl groups is 1. The van der Waals surface area contributed by atoms with E-state index in [4.69, 9.17) is 16.3 Å². The first-order valence-corrected chi connectivity index (χ1v) is 8.88. The van der Waals surface area contributed by atoms with Crippen LogP contribution >= 0.6 is 22.9 Å². The van der Waals surface area contributed by atoms with E-state index in [1.807, 2.05) is 10.9 Å². The first-order chi connectivity index (χ1) is 13.0. The van der Waals surface area contributed by atoms with Crippen molar-refractivity contribution in [2.24, 2.45) is 0 Å². The predicted octanol–water partition coefficient (Wildman–Crippen LogP) is 2.71. The molecule has 0 fully saturated rings. The molecule has 0 spiro atoms. The first kappa shape index (κ1) is 21.9. The van der Waals surface area contributed by atoms with Crippen LogP contribution in [0.4, 0.5) is 13.2 Å². The number of aromatic nitrogens is 1. The lowest BCUT2D eigenvalue weighted by Crippen LogP contribution is -2.49. The van der Waals surface area contributed by atoms with Crippen LogP contribution < -0.4 is 15.6 Å². The summed E-state index contributed by atoms with van der Waals surface area (Å²) >= 11 is 6.36. The normalized spacial score (nSPS) is 13.5. The number of benzene rings is 1. The molecule has 2 rings (SSSR count). The Labute approximate surface area is 166 Å². The van der Waals surface area contributed by atoms with Gasteiger partial charge in [0.1, 0.15) is 10.8 Å². The van der Waals surface area contributed by atoms with E-state index in [0.717, 1.165) is 0 Å². The standard InChI is InChI=1S/C16H15ClF3N3O4S/c1-8-7-28-14(21-8)15(26,16(18,19)20)6-12(24)22-23-13(25)10-4-3-9(17)5-11(10)27-2/h3-5,7,26H,6H2,1-2H3,(H,22,24)(H,23,25). The number of aryl methyl sites for hydroxylation is 1. The number of hydrazine groups is 1. The van der Waals surface area contributed by atoms with E-state index in [0.29, 0.717) is 16.4 Å². The van der Waals surface area contributed by atoms with Gasteiger partial charge in [0.05, 0.1) is 19.1 Å². The molecule has 1 atom stereocenters. The van der Waals surface area contributed by atoms with Gasteiger partial charge in [-0.1, -0.05) is 11.6 Å². The van der Waals surface area contributed by atoms with Crippen molar-refractivity contribution in [1.82, 2.24) is 15.8 Å². The third-order valence-corrected chi connectivity index (χ3v) is 4.93. The van der Waals surface area contributed by atoms with Crippen molar-refractivity contribution in [2.75, 3.05) is 7.11 Å². The van der Waals surface area contributed by atoms with Gasteiger partial charge in [0.15, 0.2) is 0 Å². The Bertz CT molecular complexity index is 890. The zero-order chi connectivity index (χ0) is 21.1. The molecule has 1 heterocycles. The van der Waals surface area contributed by atoms with Gasteiger partial charge >= 0.3 is 6.18 Å². The SMILES string of the molecule is COc1cc(Cl)ccc1C(=O)NNC(=O)CC(O)(c1nc(C)cs1)C(F)(F)F. The topological polar surface area (TPSA) is 101 Å². The highest BCUT2D eigenvalue weighted by Gasteiger charge is 2.58. The quantitative estimate of drug-likeness (QED) is 0.624. The molecule has 0 aliphatic carbocycles. The van der Waals surface area contributed by atoms with Crippen molar-refractivity contribution in [1.29, 1.82) is 0 Å². The fourth-order valence-corrected chi connectivity index (χ4v) is 3.24. The Morgan fingerprint density at radius 3 is 2.54 bits per heavy atom. The number of hydrogen-bond acceptors (Lipinski definition) is 6. The van der Waals surface area contributed by atoms with Gasteiger partial charge in [-0.15, -0.1) is 11.3 Å². The molecule has 2 aromatic rings. The Hall–Kier alpha value is -2.37. The largest absolute Gasteiger partial charge is 0.496 e. The molecule has 0 aliphatic heterocycles. The van der Waals surface area contributed by atoms with E-state index in [-0.39, 0.29) is 17.0 Å². The van der Waals surface area contributed by atoms with E-state index in [2.05, 4.69) is 4.98 Å². The maximum atomic E-state index is 13.4. The van der Waals surface area contributed by atoms with Gasteiger partial charge in [0.25, 0.3) is 5.91 Å². The molecule has 0 aliphatic rings. The second-order valence-corrected chi connectivity index (χ2v) is 6.97. The van der Waals surface area contributed by atoms with E-state index in [1.54, 1.807) is 0 Å². The second kappa shape index (κ2) is 8.33. The highest BCUT2D eigenvalue weighted by Crippen LogP contribution is 2.42. The van der Waals surface area contributed by atoms with Crippen LogP contribution in [-0.2, 0) is 10.4 Å². The number of halogens is 4. The summed E-state index contributed by atoms with van der Waals surface area (Å²) in [6.45, 7) is 1.45. The number of alkyl halides is 3. The number of methoxy groups -OCH3 is 1. The number of carbonyl (C=O) groups excluding carboxylic acids is 2. The number of thiazole rings is 1. The summed E-state index contributed by atoms with van der Waals surface area (Å²) in [6.07, 6.45) is -6.54. The molecular formula is C16H15ClF3N3O4S. The van der Waals surface area contributed by atoms with Crippen molar-refractivity contribution < 1.29 is 32.6 Å². The number of carbonyl (C=O) groups is 2. The smallest absolute Gasteiger partial charge is 0.424 e. The maximum absolute atomic E-state index is 13.4. The van der Waals surface area contributed by atoms with Crippen molar-refractivity contribution in [3.63, 3.8) is 0 Å². The van der Waals surface area contributed by atoms with Gasteiger partial charge in [-0.2, -0.15) is 13.2 Å². The summed E-state index contributed by atoms with van der Waals surface area (Å²) in [6, 6.07) is 4.06. The lowest BCUT2D eigenvalue weighted by molar-refractivity contribution is -0.267. The minimum atomic E-state index is -5.15. The van der Waals surface area contributed by atoms with E-state index < -0.39 is 35.0 Å². The average molecular weight is 438 g/mol. The summed E-state index contributed by atoms with van der Waals surface area (Å²) < 4.78 is 45.1. The van der Waals surface area contributed by atoms with Crippen LogP contribution in [0.1, 0.15) is 27.5 Å². The molecule has 12 heteroatoms. The number of ether oxygens (including phenoxy) is 1. The molecule has 0 bridgehead atoms. The summed E-state index contributed by atoms with van der Waals surface area (Å²) in [5.74, 6) is -2.01. The fourth-order valence-electron chi connectivity index (χ4n) is 2.16. The second-order valence-electron chi connectivity index (χ2n) is 5.68. The summed E-state index contributed by atoms with van der Waals surface area (Å²) in [4.78, 5) is 27.7. The molecule has 7 nitrogen and oxygen atoms in total. The zero-order valence-corrected chi connectivity index (χ0v) is 16.1. The van der Waals surface area contributed by atoms with E-state index in [1.165, 1.54) is 37.6 Å². The molecule has 0 radical (unpaired) electrons. The average Bonchev–Trinajstić information content (AvgIpc) is 3.05. The third kappa shape index (κ3) is 4.72. The van der Waals surface area contributed by atoms with Crippen LogP contribution in [0.5, 0.6) is 5.75 Å². The summed E-state index contributed by atoms with van der Waals surface area (Å²) in [5, 5.41) is 11.1. The minimum absolute atomic E-state index is 0.00571. The van der Waals surface area contributed by atoms with Gasteiger partial charge in [-0.05, 0) is 25.1 Å². The molecule has 2 amide bonds. The van der Waals surface area contributed by atoms with Gasteiger partial charge in [0.2, 0.25) is 11.5 Å². The van der Waals surface area contributed by atoms with Crippen molar-refractivity contribution in [3.8, 4) is 5.75 Å². The molecule has 1 aromatic heterocycles. The number of amides is 2. The Morgan fingerprint density at radius 1 is 1.32 bits per heavy atom. The number of rotatable bonds is 5. The van der Waals surface area contributed by atoms with Crippen LogP contribution in [0.2, 0.25) is 5.02 Å². The van der Waals surface area contributed by atoms with Crippen LogP contribution in [0.25, 0.3) is 0 Å². The molecule has 28 heavy (non-hydrogen) atoms. The number of nitrogens with one attached hydrogen (secondary N) is 2. The highest BCUT2D eigenvalue weighted by atomic mass is 35.5. The van der Waals surface area contributed by atoms with E-state index >= 15 is 0 Å². The molecule has 152 valence electrons. The monoisotopic (exact) mass is 437 g/mol. The third-order valence-electron chi connectivity index (χ3n) is 3.58. The van der Waals surface area contributed by atoms with Crippen LogP contribution in [0.3, 0.4) is 0 Å². The molecule has 1 aromatic carbocycles. The molecular weight excluding hydrogens is 423 g/mol. The van der Waals surface area contributed by atoms with Crippen LogP contribution in [0, 0.1) is 6.92 Å². The molecule has 3 N–H and O–H groups in total. The number of hydrogen-bond donors (Lipinski definition) is 3. The van der Waals surface area contributed by atoms with Crippen molar-refractivity contribution in [2.45, 2.75) is 25.1 Å². The summed E-state index contributed by atoms with van der Waals surface area (Å²) in [7, 11) is 1.29. The number of nitrogens with zero attached hydrogens (tertiary/aromatic N) is 1. The van der Waals surface area contributed by atoms with Crippen molar-refractivity contribution >= 4 is 34.8 Å². The van der Waals surface area contributed by atoms with Gasteiger partial charge < -0.3 is 9.84 Å². The first-order valence-electron chi connectivity index (χ1n) is 7.62. The Balaban J connectivity index is 2.11. The minimum Gasteiger partial charge on any atom is -0.496 e. The Morgan fingerprint density at radius 2 is 2.00 bits per heavy atom. The molecule has 0 saturated heterocycles. The Kier molecular flexibility index (Phi) is 6.52. The molecule has 1 unspecified atom stereocenters. The van der Waals surface area contributed by atoms with Crippen molar-refractivity contribution in [3.05, 3.63) is 44.9 Å². The van der Waals surface area contributed by atoms with Crippen LogP contribution in [0.15, 0.2) is 23.6 Å². The summed E-state index contributed by atoms with van der Waals surface area (Å²) in [5.41, 5.74) is 0.584. The molecule has 0 saturated carbocycles. The maximum Gasteiger partial charge on any atom is 0.424 e. The van der Waals surface area contributed by atoms with Gasteiger partial charge in [-0.25, -0.2) is 4.98 Å². The fraction of sp³-hybridized carbons (Fsp3) is 0.312. The van der Waals surface area contributed by atoms with Gasteiger partial charge in [0, 0.05) is 16.1 Å². The lowest BCUT2D eigenvalue weighted by atomic mass is 9.99. The predicted molar refractivity (Wildman–Crippen MR) is 95.0 cm³/mol.